The maximum absolute atomic E-state index is 12.5. The first-order chi connectivity index (χ1) is 11.0. The van der Waals surface area contributed by atoms with Gasteiger partial charge in [-0.3, -0.25) is 14.6 Å². The Morgan fingerprint density at radius 1 is 0.957 bits per heavy atom. The lowest BCUT2D eigenvalue weighted by molar-refractivity contribution is -0.136. The van der Waals surface area contributed by atoms with E-state index in [9.17, 15) is 4.79 Å². The molecule has 1 aromatic carbocycles. The van der Waals surface area contributed by atoms with Crippen LogP contribution in [-0.2, 0) is 11.3 Å². The Morgan fingerprint density at radius 2 is 1.48 bits per heavy atom. The molecule has 23 heavy (non-hydrogen) atoms. The minimum Gasteiger partial charge on any atom is -0.337 e. The van der Waals surface area contributed by atoms with Crippen molar-refractivity contribution >= 4 is 5.91 Å². The average molecular weight is 317 g/mol. The molecule has 0 saturated carbocycles. The van der Waals surface area contributed by atoms with Crippen molar-refractivity contribution < 1.29 is 4.79 Å². The van der Waals surface area contributed by atoms with Gasteiger partial charge >= 0.3 is 0 Å². The fraction of sp³-hybridized carbons (Fsp3) is 0.632. The van der Waals surface area contributed by atoms with Gasteiger partial charge in [0.15, 0.2) is 0 Å². The highest BCUT2D eigenvalue weighted by atomic mass is 16.2. The predicted molar refractivity (Wildman–Crippen MR) is 95.3 cm³/mol. The van der Waals surface area contributed by atoms with Gasteiger partial charge in [-0.15, -0.1) is 0 Å². The number of piperazine rings is 1. The molecule has 0 atom stereocenters. The fourth-order valence-corrected chi connectivity index (χ4v) is 3.39. The first-order valence-electron chi connectivity index (χ1n) is 8.77. The molecule has 1 fully saturated rings. The van der Waals surface area contributed by atoms with Gasteiger partial charge in [0.25, 0.3) is 0 Å². The molecule has 128 valence electrons. The van der Waals surface area contributed by atoms with Crippen molar-refractivity contribution in [2.24, 2.45) is 0 Å². The number of hydrogen-bond donors (Lipinski definition) is 0. The molecule has 2 rings (SSSR count). The monoisotopic (exact) mass is 317 g/mol. The fourth-order valence-electron chi connectivity index (χ4n) is 3.39. The number of benzene rings is 1. The molecule has 0 radical (unpaired) electrons. The van der Waals surface area contributed by atoms with Crippen LogP contribution in [0, 0.1) is 0 Å². The van der Waals surface area contributed by atoms with Crippen molar-refractivity contribution in [2.45, 2.75) is 46.3 Å². The van der Waals surface area contributed by atoms with Crippen LogP contribution < -0.4 is 0 Å². The van der Waals surface area contributed by atoms with Gasteiger partial charge in [0.1, 0.15) is 0 Å². The number of amides is 1. The first-order valence-corrected chi connectivity index (χ1v) is 8.77. The summed E-state index contributed by atoms with van der Waals surface area (Å²) in [6, 6.07) is 11.1. The normalized spacial score (nSPS) is 17.0. The van der Waals surface area contributed by atoms with Gasteiger partial charge in [-0.1, -0.05) is 30.3 Å². The second-order valence-electron chi connectivity index (χ2n) is 7.03. The number of nitrogens with zero attached hydrogens (tertiary/aromatic N) is 3. The van der Waals surface area contributed by atoms with E-state index in [-0.39, 0.29) is 18.0 Å². The molecule has 0 bridgehead atoms. The van der Waals surface area contributed by atoms with Gasteiger partial charge < -0.3 is 4.90 Å². The molecule has 0 aromatic heterocycles. The van der Waals surface area contributed by atoms with Crippen molar-refractivity contribution in [3.8, 4) is 0 Å². The lowest BCUT2D eigenvalue weighted by Crippen LogP contribution is -2.52. The Morgan fingerprint density at radius 3 is 2.00 bits per heavy atom. The highest BCUT2D eigenvalue weighted by Crippen LogP contribution is 2.10. The topological polar surface area (TPSA) is 26.8 Å². The maximum atomic E-state index is 12.5. The van der Waals surface area contributed by atoms with Crippen LogP contribution in [0.25, 0.3) is 0 Å². The van der Waals surface area contributed by atoms with Crippen LogP contribution in [0.3, 0.4) is 0 Å². The Balaban J connectivity index is 1.79. The Bertz CT molecular complexity index is 471. The quantitative estimate of drug-likeness (QED) is 0.806. The largest absolute Gasteiger partial charge is 0.337 e. The summed E-state index contributed by atoms with van der Waals surface area (Å²) in [4.78, 5) is 19.3. The highest BCUT2D eigenvalue weighted by molar-refractivity contribution is 5.78. The molecule has 1 aromatic rings. The van der Waals surface area contributed by atoms with Crippen LogP contribution in [-0.4, -0.2) is 65.4 Å². The Kier molecular flexibility index (Phi) is 6.60. The minimum absolute atomic E-state index is 0.256. The van der Waals surface area contributed by atoms with E-state index in [1.54, 1.807) is 0 Å². The second-order valence-corrected chi connectivity index (χ2v) is 7.03. The van der Waals surface area contributed by atoms with Crippen LogP contribution in [0.1, 0.15) is 33.3 Å². The SMILES string of the molecule is CC(C)N(C(=O)CN1CCN(Cc2ccccc2)CC1)C(C)C. The molecule has 1 heterocycles. The van der Waals surface area contributed by atoms with Gasteiger partial charge in [0.2, 0.25) is 5.91 Å². The van der Waals surface area contributed by atoms with E-state index in [1.807, 2.05) is 4.90 Å². The molecule has 4 heteroatoms. The summed E-state index contributed by atoms with van der Waals surface area (Å²) >= 11 is 0. The average Bonchev–Trinajstić information content (AvgIpc) is 2.49. The highest BCUT2D eigenvalue weighted by Gasteiger charge is 2.24. The lowest BCUT2D eigenvalue weighted by Gasteiger charge is -2.37. The third kappa shape index (κ3) is 5.33. The van der Waals surface area contributed by atoms with Crippen molar-refractivity contribution in [3.63, 3.8) is 0 Å². The van der Waals surface area contributed by atoms with Crippen LogP contribution in [0.4, 0.5) is 0 Å². The van der Waals surface area contributed by atoms with Crippen molar-refractivity contribution in [1.29, 1.82) is 0 Å². The molecule has 0 N–H and O–H groups in total. The third-order valence-electron chi connectivity index (χ3n) is 4.47. The molecule has 1 saturated heterocycles. The summed E-state index contributed by atoms with van der Waals surface area (Å²) in [5.41, 5.74) is 1.36. The van der Waals surface area contributed by atoms with Gasteiger partial charge in [-0.05, 0) is 33.3 Å². The van der Waals surface area contributed by atoms with Gasteiger partial charge in [-0.2, -0.15) is 0 Å². The number of carbonyl (C=O) groups is 1. The summed E-state index contributed by atoms with van der Waals surface area (Å²) in [7, 11) is 0. The minimum atomic E-state index is 0.256. The molecule has 0 unspecified atom stereocenters. The summed E-state index contributed by atoms with van der Waals surface area (Å²) in [6.07, 6.45) is 0. The number of hydrogen-bond acceptors (Lipinski definition) is 3. The predicted octanol–water partition coefficient (Wildman–Crippen LogP) is 2.45. The molecule has 0 spiro atoms. The van der Waals surface area contributed by atoms with E-state index in [0.717, 1.165) is 32.7 Å². The van der Waals surface area contributed by atoms with Gasteiger partial charge in [-0.25, -0.2) is 0 Å². The zero-order valence-electron chi connectivity index (χ0n) is 15.0. The van der Waals surface area contributed by atoms with Crippen LogP contribution in [0.5, 0.6) is 0 Å². The van der Waals surface area contributed by atoms with E-state index in [0.29, 0.717) is 6.54 Å². The maximum Gasteiger partial charge on any atom is 0.237 e. The van der Waals surface area contributed by atoms with Gasteiger partial charge in [0, 0.05) is 44.8 Å². The van der Waals surface area contributed by atoms with E-state index >= 15 is 0 Å². The van der Waals surface area contributed by atoms with Gasteiger partial charge in [0.05, 0.1) is 6.54 Å². The van der Waals surface area contributed by atoms with Crippen molar-refractivity contribution in [1.82, 2.24) is 14.7 Å². The number of carbonyl (C=O) groups excluding carboxylic acids is 1. The van der Waals surface area contributed by atoms with E-state index < -0.39 is 0 Å². The summed E-state index contributed by atoms with van der Waals surface area (Å²) < 4.78 is 0. The number of rotatable bonds is 6. The molecule has 1 amide bonds. The molecule has 0 aliphatic carbocycles. The zero-order valence-corrected chi connectivity index (χ0v) is 15.0. The van der Waals surface area contributed by atoms with E-state index in [1.165, 1.54) is 5.56 Å². The summed E-state index contributed by atoms with van der Waals surface area (Å²) in [5, 5.41) is 0. The van der Waals surface area contributed by atoms with E-state index in [2.05, 4.69) is 67.8 Å². The third-order valence-corrected chi connectivity index (χ3v) is 4.47. The summed E-state index contributed by atoms with van der Waals surface area (Å²) in [6.45, 7) is 13.9. The Labute approximate surface area is 141 Å². The summed E-state index contributed by atoms with van der Waals surface area (Å²) in [5.74, 6) is 0.256. The van der Waals surface area contributed by atoms with Crippen LogP contribution in [0.15, 0.2) is 30.3 Å². The molecule has 1 aliphatic rings. The van der Waals surface area contributed by atoms with Crippen LogP contribution >= 0.6 is 0 Å². The smallest absolute Gasteiger partial charge is 0.237 e. The standard InChI is InChI=1S/C19H31N3O/c1-16(2)22(17(3)4)19(23)15-21-12-10-20(11-13-21)14-18-8-6-5-7-9-18/h5-9,16-17H,10-15H2,1-4H3. The molecular weight excluding hydrogens is 286 g/mol. The molecule has 4 nitrogen and oxygen atoms in total. The first kappa shape index (κ1) is 18.0. The van der Waals surface area contributed by atoms with Crippen molar-refractivity contribution in [2.75, 3.05) is 32.7 Å². The molecular formula is C19H31N3O. The molecule has 1 aliphatic heterocycles. The zero-order chi connectivity index (χ0) is 16.8. The Hall–Kier alpha value is -1.39. The van der Waals surface area contributed by atoms with E-state index in [4.69, 9.17) is 0 Å². The van der Waals surface area contributed by atoms with Crippen molar-refractivity contribution in [3.05, 3.63) is 35.9 Å². The second kappa shape index (κ2) is 8.46. The lowest BCUT2D eigenvalue weighted by atomic mass is 10.2. The van der Waals surface area contributed by atoms with Crippen LogP contribution in [0.2, 0.25) is 0 Å².